The van der Waals surface area contributed by atoms with Gasteiger partial charge in [-0.2, -0.15) is 13.2 Å². The molecule has 1 heterocycles. The number of benzene rings is 1. The highest BCUT2D eigenvalue weighted by molar-refractivity contribution is 5.54. The molecular formula is C13H15F4NO. The Labute approximate surface area is 108 Å². The number of nitrogens with zero attached hydrogens (tertiary/aromatic N) is 1. The van der Waals surface area contributed by atoms with Crippen molar-refractivity contribution in [3.05, 3.63) is 29.6 Å². The van der Waals surface area contributed by atoms with Gasteiger partial charge >= 0.3 is 6.18 Å². The second kappa shape index (κ2) is 5.36. The first kappa shape index (κ1) is 14.1. The third-order valence-corrected chi connectivity index (χ3v) is 3.44. The van der Waals surface area contributed by atoms with Crippen LogP contribution in [0.25, 0.3) is 0 Å². The van der Waals surface area contributed by atoms with Gasteiger partial charge in [-0.3, -0.25) is 0 Å². The molecule has 0 radical (unpaired) electrons. The monoisotopic (exact) mass is 277 g/mol. The van der Waals surface area contributed by atoms with Gasteiger partial charge in [-0.05, 0) is 31.0 Å². The fraction of sp³-hybridized carbons (Fsp3) is 0.538. The molecular weight excluding hydrogens is 262 g/mol. The Morgan fingerprint density at radius 2 is 2.05 bits per heavy atom. The summed E-state index contributed by atoms with van der Waals surface area (Å²) in [7, 11) is 0. The number of anilines is 1. The lowest BCUT2D eigenvalue weighted by atomic mass is 9.96. The van der Waals surface area contributed by atoms with Crippen LogP contribution in [0.4, 0.5) is 23.2 Å². The maximum Gasteiger partial charge on any atom is 0.393 e. The minimum atomic E-state index is -4.21. The molecule has 1 aliphatic rings. The first-order valence-corrected chi connectivity index (χ1v) is 6.12. The first-order chi connectivity index (χ1) is 8.91. The van der Waals surface area contributed by atoms with Crippen LogP contribution >= 0.6 is 0 Å². The zero-order valence-electron chi connectivity index (χ0n) is 10.3. The van der Waals surface area contributed by atoms with E-state index in [1.807, 2.05) is 0 Å². The van der Waals surface area contributed by atoms with Gasteiger partial charge in [0.1, 0.15) is 5.82 Å². The normalized spacial score (nSPS) is 20.7. The lowest BCUT2D eigenvalue weighted by Crippen LogP contribution is -2.42. The summed E-state index contributed by atoms with van der Waals surface area (Å²) in [5.74, 6) is -1.87. The average Bonchev–Trinajstić information content (AvgIpc) is 2.37. The Bertz CT molecular complexity index is 447. The van der Waals surface area contributed by atoms with Crippen molar-refractivity contribution in [1.29, 1.82) is 0 Å². The smallest absolute Gasteiger partial charge is 0.392 e. The van der Waals surface area contributed by atoms with Gasteiger partial charge in [0.05, 0.1) is 12.5 Å². The van der Waals surface area contributed by atoms with Crippen LogP contribution in [-0.4, -0.2) is 24.4 Å². The highest BCUT2D eigenvalue weighted by Crippen LogP contribution is 2.35. The second-order valence-electron chi connectivity index (χ2n) is 4.76. The van der Waals surface area contributed by atoms with E-state index in [0.29, 0.717) is 24.2 Å². The lowest BCUT2D eigenvalue weighted by Gasteiger charge is -2.36. The quantitative estimate of drug-likeness (QED) is 0.840. The summed E-state index contributed by atoms with van der Waals surface area (Å²) in [6, 6.07) is 3.79. The number of rotatable bonds is 2. The Kier molecular flexibility index (Phi) is 3.99. The van der Waals surface area contributed by atoms with Gasteiger partial charge in [0.15, 0.2) is 0 Å². The molecule has 1 aromatic carbocycles. The van der Waals surface area contributed by atoms with Crippen molar-refractivity contribution in [2.45, 2.75) is 25.6 Å². The molecule has 1 atom stereocenters. The third kappa shape index (κ3) is 3.18. The summed E-state index contributed by atoms with van der Waals surface area (Å²) in [5.41, 5.74) is 0.806. The van der Waals surface area contributed by atoms with E-state index in [4.69, 9.17) is 0 Å². The molecule has 1 fully saturated rings. The summed E-state index contributed by atoms with van der Waals surface area (Å²) >= 11 is 0. The first-order valence-electron chi connectivity index (χ1n) is 6.12. The van der Waals surface area contributed by atoms with E-state index in [0.717, 1.165) is 6.07 Å². The van der Waals surface area contributed by atoms with Crippen LogP contribution in [-0.2, 0) is 6.61 Å². The largest absolute Gasteiger partial charge is 0.393 e. The highest BCUT2D eigenvalue weighted by atomic mass is 19.4. The van der Waals surface area contributed by atoms with Crippen molar-refractivity contribution in [3.8, 4) is 0 Å². The number of hydrogen-bond donors (Lipinski definition) is 1. The van der Waals surface area contributed by atoms with E-state index < -0.39 is 17.9 Å². The van der Waals surface area contributed by atoms with E-state index >= 15 is 0 Å². The van der Waals surface area contributed by atoms with Gasteiger partial charge in [0.2, 0.25) is 0 Å². The molecule has 0 aromatic heterocycles. The van der Waals surface area contributed by atoms with Gasteiger partial charge in [0.25, 0.3) is 0 Å². The zero-order valence-corrected chi connectivity index (χ0v) is 10.3. The minimum absolute atomic E-state index is 0.121. The fourth-order valence-corrected chi connectivity index (χ4v) is 2.45. The van der Waals surface area contributed by atoms with Crippen LogP contribution in [0.2, 0.25) is 0 Å². The van der Waals surface area contributed by atoms with Crippen LogP contribution in [0.1, 0.15) is 18.4 Å². The van der Waals surface area contributed by atoms with E-state index in [2.05, 4.69) is 0 Å². The summed E-state index contributed by atoms with van der Waals surface area (Å²) in [6.07, 6.45) is -3.65. The number of hydrogen-bond acceptors (Lipinski definition) is 2. The molecule has 1 unspecified atom stereocenters. The number of aliphatic hydroxyl groups excluding tert-OH is 1. The molecule has 0 aliphatic carbocycles. The third-order valence-electron chi connectivity index (χ3n) is 3.44. The van der Waals surface area contributed by atoms with E-state index in [1.165, 1.54) is 12.1 Å². The number of halogens is 4. The van der Waals surface area contributed by atoms with Crippen LogP contribution in [0, 0.1) is 11.7 Å². The highest BCUT2D eigenvalue weighted by Gasteiger charge is 2.42. The Morgan fingerprint density at radius 3 is 2.68 bits per heavy atom. The molecule has 1 saturated heterocycles. The molecule has 1 aromatic rings. The predicted molar refractivity (Wildman–Crippen MR) is 63.3 cm³/mol. The van der Waals surface area contributed by atoms with Crippen molar-refractivity contribution in [2.75, 3.05) is 18.0 Å². The van der Waals surface area contributed by atoms with Gasteiger partial charge < -0.3 is 10.0 Å². The standard InChI is InChI=1S/C13H15F4NO/c14-11-3-4-12(9(6-11)8-19)18-5-1-2-10(7-18)13(15,16)17/h3-4,6,10,19H,1-2,5,7-8H2. The van der Waals surface area contributed by atoms with Crippen LogP contribution in [0.15, 0.2) is 18.2 Å². The van der Waals surface area contributed by atoms with Gasteiger partial charge in [-0.1, -0.05) is 0 Å². The molecule has 6 heteroatoms. The summed E-state index contributed by atoms with van der Waals surface area (Å²) in [4.78, 5) is 1.58. The zero-order chi connectivity index (χ0) is 14.0. The van der Waals surface area contributed by atoms with Crippen molar-refractivity contribution >= 4 is 5.69 Å². The van der Waals surface area contributed by atoms with Crippen LogP contribution < -0.4 is 4.90 Å². The maximum absolute atomic E-state index is 13.1. The molecule has 19 heavy (non-hydrogen) atoms. The van der Waals surface area contributed by atoms with Crippen LogP contribution in [0.5, 0.6) is 0 Å². The Hall–Kier alpha value is -1.30. The van der Waals surface area contributed by atoms with Crippen molar-refractivity contribution in [2.24, 2.45) is 5.92 Å². The van der Waals surface area contributed by atoms with Crippen LogP contribution in [0.3, 0.4) is 0 Å². The molecule has 0 amide bonds. The van der Waals surface area contributed by atoms with E-state index in [9.17, 15) is 22.7 Å². The van der Waals surface area contributed by atoms with Gasteiger partial charge in [-0.15, -0.1) is 0 Å². The average molecular weight is 277 g/mol. The maximum atomic E-state index is 13.1. The molecule has 0 bridgehead atoms. The Morgan fingerprint density at radius 1 is 1.32 bits per heavy atom. The van der Waals surface area contributed by atoms with Crippen molar-refractivity contribution < 1.29 is 22.7 Å². The minimum Gasteiger partial charge on any atom is -0.392 e. The summed E-state index contributed by atoms with van der Waals surface area (Å²) in [5, 5.41) is 9.18. The molecule has 0 saturated carbocycles. The molecule has 0 spiro atoms. The molecule has 1 N–H and O–H groups in total. The second-order valence-corrected chi connectivity index (χ2v) is 4.76. The molecule has 2 rings (SSSR count). The van der Waals surface area contributed by atoms with Gasteiger partial charge in [-0.25, -0.2) is 4.39 Å². The molecule has 2 nitrogen and oxygen atoms in total. The number of aliphatic hydroxyl groups is 1. The van der Waals surface area contributed by atoms with Gasteiger partial charge in [0, 0.05) is 24.3 Å². The van der Waals surface area contributed by atoms with E-state index in [-0.39, 0.29) is 19.6 Å². The van der Waals surface area contributed by atoms with Crippen molar-refractivity contribution in [3.63, 3.8) is 0 Å². The predicted octanol–water partition coefficient (Wildman–Crippen LogP) is 3.10. The molecule has 1 aliphatic heterocycles. The van der Waals surface area contributed by atoms with E-state index in [1.54, 1.807) is 4.90 Å². The topological polar surface area (TPSA) is 23.5 Å². The summed E-state index contributed by atoms with van der Waals surface area (Å²) in [6.45, 7) is -0.0341. The summed E-state index contributed by atoms with van der Waals surface area (Å²) < 4.78 is 51.3. The lowest BCUT2D eigenvalue weighted by molar-refractivity contribution is -0.176. The Balaban J connectivity index is 2.22. The SMILES string of the molecule is OCc1cc(F)ccc1N1CCCC(C(F)(F)F)C1. The number of piperidine rings is 1. The molecule has 106 valence electrons. The van der Waals surface area contributed by atoms with Crippen molar-refractivity contribution in [1.82, 2.24) is 0 Å². The number of alkyl halides is 3. The fourth-order valence-electron chi connectivity index (χ4n) is 2.45.